The van der Waals surface area contributed by atoms with Gasteiger partial charge in [-0.3, -0.25) is 0 Å². The maximum absolute atomic E-state index is 14.3. The lowest BCUT2D eigenvalue weighted by atomic mass is 10.1. The molecule has 156 valence electrons. The van der Waals surface area contributed by atoms with Gasteiger partial charge in [0.05, 0.1) is 30.3 Å². The van der Waals surface area contributed by atoms with Crippen LogP contribution in [0.25, 0.3) is 0 Å². The minimum Gasteiger partial charge on any atom is -0.346 e. The van der Waals surface area contributed by atoms with Crippen molar-refractivity contribution in [1.29, 1.82) is 5.26 Å². The van der Waals surface area contributed by atoms with Crippen LogP contribution >= 0.6 is 0 Å². The molecule has 0 saturated heterocycles. The van der Waals surface area contributed by atoms with Crippen molar-refractivity contribution in [2.45, 2.75) is 12.2 Å². The summed E-state index contributed by atoms with van der Waals surface area (Å²) in [5.74, 6) is -2.22. The average Bonchev–Trinajstić information content (AvgIpc) is 2.59. The van der Waals surface area contributed by atoms with Gasteiger partial charge in [0.1, 0.15) is 24.2 Å². The van der Waals surface area contributed by atoms with E-state index >= 15 is 0 Å². The summed E-state index contributed by atoms with van der Waals surface area (Å²) < 4.78 is 89.7. The molecule has 0 spiro atoms. The van der Waals surface area contributed by atoms with E-state index in [0.717, 1.165) is 24.5 Å². The number of nitriles is 1. The van der Waals surface area contributed by atoms with E-state index < -0.39 is 47.0 Å². The lowest BCUT2D eigenvalue weighted by Crippen LogP contribution is -2.42. The highest BCUT2D eigenvalue weighted by molar-refractivity contribution is 7.88. The number of benzene rings is 1. The molecule has 0 saturated carbocycles. The molecule has 1 aromatic heterocycles. The Balaban J connectivity index is 2.43. The third-order valence-electron chi connectivity index (χ3n) is 3.63. The summed E-state index contributed by atoms with van der Waals surface area (Å²) in [7, 11) is -4.33. The number of anilines is 1. The van der Waals surface area contributed by atoms with Gasteiger partial charge in [-0.15, -0.1) is 0 Å². The van der Waals surface area contributed by atoms with Crippen molar-refractivity contribution >= 4 is 16.0 Å². The van der Waals surface area contributed by atoms with Crippen LogP contribution in [0.3, 0.4) is 0 Å². The Kier molecular flexibility index (Phi) is 6.70. The Labute approximate surface area is 162 Å². The average molecular weight is 435 g/mol. The van der Waals surface area contributed by atoms with E-state index in [4.69, 9.17) is 5.26 Å². The Bertz CT molecular complexity index is 1010. The van der Waals surface area contributed by atoms with Crippen LogP contribution < -0.4 is 5.32 Å². The Hall–Kier alpha value is -2.85. The molecule has 13 heteroatoms. The first-order valence-corrected chi connectivity index (χ1v) is 9.69. The first kappa shape index (κ1) is 22.4. The van der Waals surface area contributed by atoms with E-state index in [2.05, 4.69) is 15.3 Å². The number of aromatic nitrogens is 2. The smallest absolute Gasteiger partial charge is 0.346 e. The minimum absolute atomic E-state index is 0.0925. The molecular formula is C16H14F5N5O2S. The SMILES string of the molecule is CS(=O)(=O)N(CC(Nc1ncc(C#N)cn1)c1ccc(F)cc1F)CC(F)(F)F. The molecule has 2 rings (SSSR count). The Morgan fingerprint density at radius 3 is 2.34 bits per heavy atom. The molecule has 1 aromatic carbocycles. The van der Waals surface area contributed by atoms with Crippen molar-refractivity contribution < 1.29 is 30.4 Å². The predicted octanol–water partition coefficient (Wildman–Crippen LogP) is 2.60. The summed E-state index contributed by atoms with van der Waals surface area (Å²) in [4.78, 5) is 7.55. The van der Waals surface area contributed by atoms with Crippen LogP contribution in [0.5, 0.6) is 0 Å². The van der Waals surface area contributed by atoms with Gasteiger partial charge in [0.2, 0.25) is 16.0 Å². The number of sulfonamides is 1. The fourth-order valence-electron chi connectivity index (χ4n) is 2.34. The fraction of sp³-hybridized carbons (Fsp3) is 0.312. The molecule has 1 N–H and O–H groups in total. The molecule has 0 radical (unpaired) electrons. The highest BCUT2D eigenvalue weighted by atomic mass is 32.2. The molecule has 0 aliphatic heterocycles. The van der Waals surface area contributed by atoms with Gasteiger partial charge in [0.15, 0.2) is 0 Å². The maximum atomic E-state index is 14.3. The summed E-state index contributed by atoms with van der Waals surface area (Å²) in [6.45, 7) is -2.65. The van der Waals surface area contributed by atoms with Crippen molar-refractivity contribution in [1.82, 2.24) is 14.3 Å². The summed E-state index contributed by atoms with van der Waals surface area (Å²) in [5, 5.41) is 11.3. The number of nitrogens with one attached hydrogen (secondary N) is 1. The van der Waals surface area contributed by atoms with Gasteiger partial charge in [-0.1, -0.05) is 6.07 Å². The summed E-state index contributed by atoms with van der Waals surface area (Å²) >= 11 is 0. The van der Waals surface area contributed by atoms with E-state index in [-0.39, 0.29) is 21.4 Å². The molecule has 0 bridgehead atoms. The van der Waals surface area contributed by atoms with Gasteiger partial charge in [0.25, 0.3) is 0 Å². The first-order valence-electron chi connectivity index (χ1n) is 7.84. The van der Waals surface area contributed by atoms with Gasteiger partial charge in [-0.05, 0) is 6.07 Å². The molecule has 1 heterocycles. The molecular weight excluding hydrogens is 421 g/mol. The van der Waals surface area contributed by atoms with Gasteiger partial charge in [0, 0.05) is 18.2 Å². The van der Waals surface area contributed by atoms with E-state index in [1.165, 1.54) is 0 Å². The summed E-state index contributed by atoms with van der Waals surface area (Å²) in [6, 6.07) is 2.74. The van der Waals surface area contributed by atoms with Crippen molar-refractivity contribution in [2.24, 2.45) is 0 Å². The first-order chi connectivity index (χ1) is 13.4. The molecule has 0 aliphatic rings. The maximum Gasteiger partial charge on any atom is 0.402 e. The zero-order chi connectivity index (χ0) is 21.8. The second kappa shape index (κ2) is 8.66. The monoisotopic (exact) mass is 435 g/mol. The second-order valence-electron chi connectivity index (χ2n) is 5.94. The Morgan fingerprint density at radius 2 is 1.86 bits per heavy atom. The van der Waals surface area contributed by atoms with Crippen LogP contribution in [0.4, 0.5) is 27.9 Å². The fourth-order valence-corrected chi connectivity index (χ4v) is 3.14. The van der Waals surface area contributed by atoms with Crippen LogP contribution in [-0.2, 0) is 10.0 Å². The second-order valence-corrected chi connectivity index (χ2v) is 7.92. The van der Waals surface area contributed by atoms with Crippen molar-refractivity contribution in [3.63, 3.8) is 0 Å². The zero-order valence-corrected chi connectivity index (χ0v) is 15.6. The molecule has 1 unspecified atom stereocenters. The number of halogens is 5. The third kappa shape index (κ3) is 6.61. The quantitative estimate of drug-likeness (QED) is 0.672. The molecule has 0 fully saturated rings. The zero-order valence-electron chi connectivity index (χ0n) is 14.8. The number of hydrogen-bond donors (Lipinski definition) is 1. The van der Waals surface area contributed by atoms with Crippen LogP contribution in [-0.4, -0.2) is 48.2 Å². The normalized spacial score (nSPS) is 13.2. The van der Waals surface area contributed by atoms with Crippen molar-refractivity contribution in [3.8, 4) is 6.07 Å². The van der Waals surface area contributed by atoms with Gasteiger partial charge in [-0.25, -0.2) is 27.2 Å². The topological polar surface area (TPSA) is 99.0 Å². The number of hydrogen-bond acceptors (Lipinski definition) is 6. The van der Waals surface area contributed by atoms with E-state index in [0.29, 0.717) is 12.3 Å². The van der Waals surface area contributed by atoms with Gasteiger partial charge < -0.3 is 5.32 Å². The lowest BCUT2D eigenvalue weighted by molar-refractivity contribution is -0.136. The molecule has 29 heavy (non-hydrogen) atoms. The highest BCUT2D eigenvalue weighted by Gasteiger charge is 2.36. The molecule has 7 nitrogen and oxygen atoms in total. The van der Waals surface area contributed by atoms with E-state index in [1.807, 2.05) is 0 Å². The third-order valence-corrected chi connectivity index (χ3v) is 4.85. The Morgan fingerprint density at radius 1 is 1.24 bits per heavy atom. The summed E-state index contributed by atoms with van der Waals surface area (Å²) in [6.07, 6.45) is -2.05. The largest absolute Gasteiger partial charge is 0.402 e. The van der Waals surface area contributed by atoms with E-state index in [9.17, 15) is 30.4 Å². The molecule has 0 amide bonds. The van der Waals surface area contributed by atoms with Gasteiger partial charge in [-0.2, -0.15) is 22.7 Å². The van der Waals surface area contributed by atoms with Crippen LogP contribution in [0.15, 0.2) is 30.6 Å². The van der Waals surface area contributed by atoms with Crippen LogP contribution in [0.2, 0.25) is 0 Å². The van der Waals surface area contributed by atoms with Crippen molar-refractivity contribution in [2.75, 3.05) is 24.7 Å². The number of nitrogens with zero attached hydrogens (tertiary/aromatic N) is 4. The van der Waals surface area contributed by atoms with E-state index in [1.54, 1.807) is 6.07 Å². The lowest BCUT2D eigenvalue weighted by Gasteiger charge is -2.27. The minimum atomic E-state index is -4.85. The summed E-state index contributed by atoms with van der Waals surface area (Å²) in [5.41, 5.74) is -0.204. The van der Waals surface area contributed by atoms with Crippen LogP contribution in [0.1, 0.15) is 17.2 Å². The van der Waals surface area contributed by atoms with Crippen molar-refractivity contribution in [3.05, 3.63) is 53.4 Å². The molecule has 0 aliphatic carbocycles. The number of rotatable bonds is 7. The van der Waals surface area contributed by atoms with Gasteiger partial charge >= 0.3 is 6.18 Å². The van der Waals surface area contributed by atoms with Crippen LogP contribution in [0, 0.1) is 23.0 Å². The standard InChI is InChI=1S/C16H14F5N5O2S/c1-29(27,28)26(9-16(19,20)21)8-14(12-3-2-11(17)4-13(12)18)25-15-23-6-10(5-22)7-24-15/h2-4,6-7,14H,8-9H2,1H3,(H,23,24,25). The molecule has 1 atom stereocenters. The molecule has 2 aromatic rings. The predicted molar refractivity (Wildman–Crippen MR) is 91.9 cm³/mol. The number of alkyl halides is 3. The highest BCUT2D eigenvalue weighted by Crippen LogP contribution is 2.26.